The minimum atomic E-state index is -0.963. The van der Waals surface area contributed by atoms with Crippen molar-refractivity contribution in [1.82, 2.24) is 10.2 Å². The van der Waals surface area contributed by atoms with Crippen LogP contribution in [0.5, 0.6) is 0 Å². The molecular formula is C12H12BClN2O6. The highest BCUT2D eigenvalue weighted by Gasteiger charge is 2.55. The number of fused-ring (bicyclic) bond motifs is 1. The molecule has 2 rings (SSSR count). The van der Waals surface area contributed by atoms with Gasteiger partial charge in [-0.1, -0.05) is 12.7 Å². The van der Waals surface area contributed by atoms with Gasteiger partial charge in [0.2, 0.25) is 0 Å². The maximum Gasteiger partial charge on any atom is 0.408 e. The predicted octanol–water partition coefficient (Wildman–Crippen LogP) is -0.415. The highest BCUT2D eigenvalue weighted by Crippen LogP contribution is 2.33. The van der Waals surface area contributed by atoms with Crippen LogP contribution in [0.2, 0.25) is 0 Å². The van der Waals surface area contributed by atoms with Gasteiger partial charge in [0, 0.05) is 11.5 Å². The molecule has 0 aromatic heterocycles. The number of ether oxygens (including phenoxy) is 2. The van der Waals surface area contributed by atoms with Crippen LogP contribution in [-0.2, 0) is 23.7 Å². The van der Waals surface area contributed by atoms with Crippen molar-refractivity contribution in [2.24, 2.45) is 0 Å². The zero-order chi connectivity index (χ0) is 16.3. The first-order valence-corrected chi connectivity index (χ1v) is 6.76. The summed E-state index contributed by atoms with van der Waals surface area (Å²) in [5.41, 5.74) is 0.311. The van der Waals surface area contributed by atoms with E-state index in [1.54, 1.807) is 0 Å². The Bertz CT molecular complexity index is 552. The number of nitrogens with zero attached hydrogens (tertiary/aromatic N) is 1. The van der Waals surface area contributed by atoms with E-state index in [9.17, 15) is 14.4 Å². The molecule has 10 heteroatoms. The summed E-state index contributed by atoms with van der Waals surface area (Å²) in [6.07, 6.45) is -0.252. The topological polar surface area (TPSA) is 94.2 Å². The van der Waals surface area contributed by atoms with E-state index in [0.29, 0.717) is 5.57 Å². The number of nitrogens with one attached hydrogen (secondary N) is 1. The second-order valence-electron chi connectivity index (χ2n) is 4.41. The Morgan fingerprint density at radius 3 is 2.91 bits per heavy atom. The highest BCUT2D eigenvalue weighted by atomic mass is 35.5. The van der Waals surface area contributed by atoms with Gasteiger partial charge in [-0.05, 0) is 0 Å². The molecule has 8 nitrogen and oxygen atoms in total. The summed E-state index contributed by atoms with van der Waals surface area (Å²) in [7, 11) is 4.86. The smallest absolute Gasteiger partial charge is 0.408 e. The number of alkyl halides is 1. The van der Waals surface area contributed by atoms with E-state index in [2.05, 4.69) is 16.6 Å². The lowest BCUT2D eigenvalue weighted by atomic mass is 9.99. The summed E-state index contributed by atoms with van der Waals surface area (Å²) in [5.74, 6) is -1.48. The van der Waals surface area contributed by atoms with Crippen LogP contribution in [0.3, 0.4) is 0 Å². The van der Waals surface area contributed by atoms with Crippen LogP contribution in [0.4, 0.5) is 4.79 Å². The Morgan fingerprint density at radius 1 is 1.59 bits per heavy atom. The van der Waals surface area contributed by atoms with Crippen molar-refractivity contribution < 1.29 is 28.5 Å². The molecule has 1 fully saturated rings. The van der Waals surface area contributed by atoms with Gasteiger partial charge in [0.05, 0.1) is 6.61 Å². The van der Waals surface area contributed by atoms with E-state index in [1.807, 2.05) is 0 Å². The maximum atomic E-state index is 12.1. The molecule has 116 valence electrons. The van der Waals surface area contributed by atoms with Gasteiger partial charge in [0.15, 0.2) is 12.3 Å². The lowest BCUT2D eigenvalue weighted by Crippen LogP contribution is -2.73. The van der Waals surface area contributed by atoms with E-state index >= 15 is 0 Å². The third-order valence-electron chi connectivity index (χ3n) is 3.11. The molecule has 0 bridgehead atoms. The van der Waals surface area contributed by atoms with Crippen molar-refractivity contribution in [3.63, 3.8) is 0 Å². The van der Waals surface area contributed by atoms with Crippen LogP contribution in [-0.4, -0.2) is 62.3 Å². The normalized spacial score (nSPS) is 23.3. The average molecular weight is 327 g/mol. The molecule has 2 aliphatic heterocycles. The van der Waals surface area contributed by atoms with Crippen LogP contribution >= 0.6 is 11.6 Å². The maximum absolute atomic E-state index is 12.1. The number of hydrogen-bond donors (Lipinski definition) is 1. The SMILES string of the molecule is [B]OC(=O)C1=C(CCl)CO[C@@H]2[C@H](NC(=O)OCC=C)C(=O)N12. The lowest BCUT2D eigenvalue weighted by molar-refractivity contribution is -0.182. The third-order valence-corrected chi connectivity index (χ3v) is 3.44. The van der Waals surface area contributed by atoms with Crippen molar-refractivity contribution in [3.05, 3.63) is 23.9 Å². The molecule has 2 aliphatic rings. The Morgan fingerprint density at radius 2 is 2.32 bits per heavy atom. The van der Waals surface area contributed by atoms with Crippen LogP contribution < -0.4 is 5.32 Å². The van der Waals surface area contributed by atoms with Gasteiger partial charge < -0.3 is 19.4 Å². The first-order chi connectivity index (χ1) is 10.5. The van der Waals surface area contributed by atoms with E-state index in [4.69, 9.17) is 29.1 Å². The molecule has 0 aromatic rings. The van der Waals surface area contributed by atoms with Crippen LogP contribution in [0.25, 0.3) is 0 Å². The summed E-state index contributed by atoms with van der Waals surface area (Å²) >= 11 is 5.72. The molecule has 0 unspecified atom stereocenters. The molecule has 1 saturated heterocycles. The fourth-order valence-electron chi connectivity index (χ4n) is 2.13. The van der Waals surface area contributed by atoms with Gasteiger partial charge >= 0.3 is 20.1 Å². The molecule has 2 heterocycles. The quantitative estimate of drug-likeness (QED) is 0.319. The van der Waals surface area contributed by atoms with Gasteiger partial charge in [0.1, 0.15) is 12.3 Å². The number of alkyl carbamates (subject to hydrolysis) is 1. The van der Waals surface area contributed by atoms with Crippen molar-refractivity contribution in [2.45, 2.75) is 12.3 Å². The molecule has 2 amide bonds. The van der Waals surface area contributed by atoms with Crippen molar-refractivity contribution >= 4 is 37.6 Å². The molecule has 0 aliphatic carbocycles. The third kappa shape index (κ3) is 2.82. The van der Waals surface area contributed by atoms with Gasteiger partial charge in [-0.25, -0.2) is 9.59 Å². The van der Waals surface area contributed by atoms with Gasteiger partial charge in [0.25, 0.3) is 5.91 Å². The number of amides is 2. The van der Waals surface area contributed by atoms with Crippen molar-refractivity contribution in [2.75, 3.05) is 19.1 Å². The summed E-state index contributed by atoms with van der Waals surface area (Å²) in [4.78, 5) is 36.3. The number of carbonyl (C=O) groups is 3. The Hall–Kier alpha value is -2.00. The van der Waals surface area contributed by atoms with E-state index in [-0.39, 0.29) is 24.8 Å². The molecule has 2 atom stereocenters. The molecule has 0 spiro atoms. The second-order valence-corrected chi connectivity index (χ2v) is 4.68. The first kappa shape index (κ1) is 16.4. The fraction of sp³-hybridized carbons (Fsp3) is 0.417. The lowest BCUT2D eigenvalue weighted by Gasteiger charge is -2.49. The Balaban J connectivity index is 2.12. The average Bonchev–Trinajstić information content (AvgIpc) is 2.55. The highest BCUT2D eigenvalue weighted by molar-refractivity contribution is 6.20. The fourth-order valence-corrected chi connectivity index (χ4v) is 2.34. The van der Waals surface area contributed by atoms with Crippen molar-refractivity contribution in [1.29, 1.82) is 0 Å². The molecule has 0 saturated carbocycles. The van der Waals surface area contributed by atoms with Crippen LogP contribution in [0, 0.1) is 0 Å². The number of rotatable bonds is 5. The molecule has 0 aromatic carbocycles. The summed E-state index contributed by atoms with van der Waals surface area (Å²) in [6.45, 7) is 3.42. The van der Waals surface area contributed by atoms with Gasteiger partial charge in [-0.2, -0.15) is 0 Å². The minimum Gasteiger partial charge on any atom is -0.539 e. The van der Waals surface area contributed by atoms with E-state index < -0.39 is 30.2 Å². The molecule has 1 N–H and O–H groups in total. The largest absolute Gasteiger partial charge is 0.539 e. The molecule has 22 heavy (non-hydrogen) atoms. The number of β-lactam (4-membered cyclic amide) rings is 1. The number of hydrogen-bond acceptors (Lipinski definition) is 6. The Kier molecular flexibility index (Phi) is 5.09. The van der Waals surface area contributed by atoms with Crippen LogP contribution in [0.1, 0.15) is 0 Å². The van der Waals surface area contributed by atoms with Crippen LogP contribution in [0.15, 0.2) is 23.9 Å². The van der Waals surface area contributed by atoms with Crippen molar-refractivity contribution in [3.8, 4) is 0 Å². The minimum absolute atomic E-state index is 0.00301. The van der Waals surface area contributed by atoms with E-state index in [1.165, 1.54) is 6.08 Å². The Labute approximate surface area is 132 Å². The zero-order valence-electron chi connectivity index (χ0n) is 11.4. The summed E-state index contributed by atoms with van der Waals surface area (Å²) in [5, 5.41) is 2.35. The van der Waals surface area contributed by atoms with Gasteiger partial charge in [-0.3, -0.25) is 9.69 Å². The summed E-state index contributed by atoms with van der Waals surface area (Å²) in [6, 6.07) is -0.963. The number of carbonyl (C=O) groups excluding carboxylic acids is 3. The van der Waals surface area contributed by atoms with E-state index in [0.717, 1.165) is 4.90 Å². The zero-order valence-corrected chi connectivity index (χ0v) is 12.2. The molecular weight excluding hydrogens is 314 g/mol. The predicted molar refractivity (Wildman–Crippen MR) is 74.6 cm³/mol. The first-order valence-electron chi connectivity index (χ1n) is 6.23. The standard InChI is InChI=1S/C12H12BClN2O6/c1-2-3-20-12(19)15-7-9(17)16-8(11(18)22-13)6(4-14)5-21-10(7)16/h2,7,10H,1,3-5H2,(H,15,19)/t7-,10-/m1/s1. The van der Waals surface area contributed by atoms with Gasteiger partial charge in [-0.15, -0.1) is 11.6 Å². The second kappa shape index (κ2) is 6.84. The molecule has 2 radical (unpaired) electrons. The number of halogens is 1. The summed E-state index contributed by atoms with van der Waals surface area (Å²) < 4.78 is 14.3. The monoisotopic (exact) mass is 326 g/mol.